The number of non-ortho nitro benzene ring substituents is 1. The topological polar surface area (TPSA) is 122 Å². The first kappa shape index (κ1) is 18.2. The number of hydrogen-bond acceptors (Lipinski definition) is 6. The van der Waals surface area contributed by atoms with Crippen LogP contribution < -0.4 is 15.2 Å². The van der Waals surface area contributed by atoms with E-state index in [2.05, 4.69) is 5.43 Å². The zero-order valence-corrected chi connectivity index (χ0v) is 14.6. The second kappa shape index (κ2) is 6.96. The lowest BCUT2D eigenvalue weighted by molar-refractivity contribution is -0.385. The molecular weight excluding hydrogens is 378 g/mol. The number of nitrogens with one attached hydrogen (secondary N) is 1. The van der Waals surface area contributed by atoms with Gasteiger partial charge >= 0.3 is 0 Å². The summed E-state index contributed by atoms with van der Waals surface area (Å²) >= 11 is 5.90. The highest BCUT2D eigenvalue weighted by atomic mass is 35.5. The Labute approximate surface area is 157 Å². The molecule has 10 heteroatoms. The van der Waals surface area contributed by atoms with Crippen LogP contribution in [-0.2, 0) is 9.59 Å². The number of nitro groups is 1. The lowest BCUT2D eigenvalue weighted by Gasteiger charge is -2.14. The van der Waals surface area contributed by atoms with Crippen LogP contribution in [0, 0.1) is 10.1 Å². The van der Waals surface area contributed by atoms with Gasteiger partial charge in [0.2, 0.25) is 0 Å². The van der Waals surface area contributed by atoms with Crippen LogP contribution in [0.25, 0.3) is 6.08 Å². The Morgan fingerprint density at radius 2 is 2.04 bits per heavy atom. The van der Waals surface area contributed by atoms with E-state index in [1.165, 1.54) is 13.2 Å². The van der Waals surface area contributed by atoms with E-state index < -0.39 is 22.5 Å². The van der Waals surface area contributed by atoms with Gasteiger partial charge in [-0.25, -0.2) is 5.01 Å². The standard InChI is InChI=1S/C17H12ClN3O6/c1-27-14-8-12(21(25)26)5-9(15(14)22)6-13-16(23)19-20(17(13)24)11-4-2-3-10(18)7-11/h2-8,22H,1H3,(H,19,23)/b13-6-. The molecule has 0 aliphatic carbocycles. The van der Waals surface area contributed by atoms with Crippen LogP contribution in [0.4, 0.5) is 11.4 Å². The highest BCUT2D eigenvalue weighted by molar-refractivity contribution is 6.33. The van der Waals surface area contributed by atoms with Gasteiger partial charge in [0.1, 0.15) is 5.57 Å². The van der Waals surface area contributed by atoms with E-state index in [0.717, 1.165) is 23.2 Å². The van der Waals surface area contributed by atoms with E-state index in [4.69, 9.17) is 16.3 Å². The first-order valence-electron chi connectivity index (χ1n) is 7.50. The maximum Gasteiger partial charge on any atom is 0.282 e. The normalized spacial score (nSPS) is 15.2. The summed E-state index contributed by atoms with van der Waals surface area (Å²) in [5.41, 5.74) is 1.93. The molecular formula is C17H12ClN3O6. The molecule has 2 aromatic carbocycles. The number of aromatic hydroxyl groups is 1. The second-order valence-electron chi connectivity index (χ2n) is 5.46. The minimum atomic E-state index is -0.732. The Morgan fingerprint density at radius 3 is 2.67 bits per heavy atom. The van der Waals surface area contributed by atoms with Crippen molar-refractivity contribution in [2.24, 2.45) is 0 Å². The van der Waals surface area contributed by atoms with Crippen molar-refractivity contribution in [3.8, 4) is 11.5 Å². The SMILES string of the molecule is COc1cc([N+](=O)[O-])cc(/C=C2/C(=O)NN(c3cccc(Cl)c3)C2=O)c1O. The Morgan fingerprint density at radius 1 is 1.30 bits per heavy atom. The number of carbonyl (C=O) groups is 2. The number of hydrazine groups is 1. The number of nitrogens with zero attached hydrogens (tertiary/aromatic N) is 2. The molecule has 2 N–H and O–H groups in total. The second-order valence-corrected chi connectivity index (χ2v) is 5.90. The van der Waals surface area contributed by atoms with Gasteiger partial charge in [0.05, 0.1) is 23.8 Å². The van der Waals surface area contributed by atoms with E-state index >= 15 is 0 Å². The maximum absolute atomic E-state index is 12.6. The number of hydrogen-bond donors (Lipinski definition) is 2. The number of ether oxygens (including phenoxy) is 1. The summed E-state index contributed by atoms with van der Waals surface area (Å²) in [6.45, 7) is 0. The molecule has 1 fully saturated rings. The van der Waals surface area contributed by atoms with Crippen molar-refractivity contribution in [1.29, 1.82) is 0 Å². The van der Waals surface area contributed by atoms with Crippen LogP contribution in [0.3, 0.4) is 0 Å². The van der Waals surface area contributed by atoms with Gasteiger partial charge in [-0.05, 0) is 24.3 Å². The fourth-order valence-electron chi connectivity index (χ4n) is 2.50. The molecule has 0 atom stereocenters. The molecule has 27 heavy (non-hydrogen) atoms. The molecule has 2 amide bonds. The largest absolute Gasteiger partial charge is 0.504 e. The van der Waals surface area contributed by atoms with Crippen LogP contribution in [-0.4, -0.2) is 29.0 Å². The number of phenols is 1. The number of benzene rings is 2. The summed E-state index contributed by atoms with van der Waals surface area (Å²) in [7, 11) is 1.23. The van der Waals surface area contributed by atoms with Crippen molar-refractivity contribution >= 4 is 40.9 Å². The Bertz CT molecular complexity index is 1000. The summed E-state index contributed by atoms with van der Waals surface area (Å²) in [5, 5.41) is 22.6. The summed E-state index contributed by atoms with van der Waals surface area (Å²) in [4.78, 5) is 35.2. The quantitative estimate of drug-likeness (QED) is 0.358. The van der Waals surface area contributed by atoms with E-state index in [-0.39, 0.29) is 22.6 Å². The molecule has 0 spiro atoms. The molecule has 1 aliphatic heterocycles. The molecule has 1 heterocycles. The number of amides is 2. The van der Waals surface area contributed by atoms with Crippen LogP contribution in [0.5, 0.6) is 11.5 Å². The van der Waals surface area contributed by atoms with Gasteiger partial charge in [-0.3, -0.25) is 25.1 Å². The van der Waals surface area contributed by atoms with Gasteiger partial charge in [0, 0.05) is 16.7 Å². The van der Waals surface area contributed by atoms with Gasteiger partial charge < -0.3 is 9.84 Å². The fourth-order valence-corrected chi connectivity index (χ4v) is 2.68. The summed E-state index contributed by atoms with van der Waals surface area (Å²) in [6, 6.07) is 8.34. The highest BCUT2D eigenvalue weighted by Gasteiger charge is 2.35. The number of halogens is 1. The lowest BCUT2D eigenvalue weighted by Crippen LogP contribution is -2.35. The van der Waals surface area contributed by atoms with Gasteiger partial charge in [-0.1, -0.05) is 17.7 Å². The molecule has 0 saturated carbocycles. The van der Waals surface area contributed by atoms with Crippen molar-refractivity contribution in [3.05, 3.63) is 62.7 Å². The molecule has 0 radical (unpaired) electrons. The van der Waals surface area contributed by atoms with Crippen LogP contribution >= 0.6 is 11.6 Å². The maximum atomic E-state index is 12.6. The summed E-state index contributed by atoms with van der Waals surface area (Å²) < 4.78 is 4.90. The molecule has 0 aromatic heterocycles. The molecule has 0 bridgehead atoms. The van der Waals surface area contributed by atoms with Crippen molar-refractivity contribution < 1.29 is 24.4 Å². The van der Waals surface area contributed by atoms with Crippen molar-refractivity contribution in [3.63, 3.8) is 0 Å². The van der Waals surface area contributed by atoms with Crippen molar-refractivity contribution in [2.45, 2.75) is 0 Å². The monoisotopic (exact) mass is 389 g/mol. The molecule has 138 valence electrons. The van der Waals surface area contributed by atoms with E-state index in [1.807, 2.05) is 0 Å². The number of methoxy groups -OCH3 is 1. The number of phenolic OH excluding ortho intramolecular Hbond substituents is 1. The first-order valence-corrected chi connectivity index (χ1v) is 7.87. The Balaban J connectivity index is 2.05. The predicted octanol–water partition coefficient (Wildman–Crippen LogP) is 2.42. The molecule has 0 unspecified atom stereocenters. The third-order valence-corrected chi connectivity index (χ3v) is 4.01. The fraction of sp³-hybridized carbons (Fsp3) is 0.0588. The summed E-state index contributed by atoms with van der Waals surface area (Å²) in [5.74, 6) is -2.03. The highest BCUT2D eigenvalue weighted by Crippen LogP contribution is 2.36. The smallest absolute Gasteiger partial charge is 0.282 e. The Kier molecular flexibility index (Phi) is 4.70. The van der Waals surface area contributed by atoms with Gasteiger partial charge in [-0.15, -0.1) is 0 Å². The van der Waals surface area contributed by atoms with E-state index in [9.17, 15) is 24.8 Å². The van der Waals surface area contributed by atoms with Crippen LogP contribution in [0.1, 0.15) is 5.56 Å². The zero-order valence-electron chi connectivity index (χ0n) is 13.8. The van der Waals surface area contributed by atoms with E-state index in [1.54, 1.807) is 18.2 Å². The van der Waals surface area contributed by atoms with Crippen molar-refractivity contribution in [1.82, 2.24) is 5.43 Å². The number of nitro benzene ring substituents is 1. The average molecular weight is 390 g/mol. The first-order chi connectivity index (χ1) is 12.8. The van der Waals surface area contributed by atoms with Crippen LogP contribution in [0.15, 0.2) is 42.0 Å². The zero-order chi connectivity index (χ0) is 19.7. The van der Waals surface area contributed by atoms with Gasteiger partial charge in [-0.2, -0.15) is 0 Å². The minimum absolute atomic E-state index is 0.104. The van der Waals surface area contributed by atoms with Gasteiger partial charge in [0.25, 0.3) is 17.5 Å². The lowest BCUT2D eigenvalue weighted by atomic mass is 10.1. The molecule has 2 aromatic rings. The third-order valence-electron chi connectivity index (χ3n) is 3.78. The molecule has 1 saturated heterocycles. The van der Waals surface area contributed by atoms with E-state index in [0.29, 0.717) is 10.7 Å². The molecule has 3 rings (SSSR count). The minimum Gasteiger partial charge on any atom is -0.504 e. The Hall–Kier alpha value is -3.59. The average Bonchev–Trinajstić information content (AvgIpc) is 2.91. The third kappa shape index (κ3) is 3.40. The molecule has 1 aliphatic rings. The summed E-state index contributed by atoms with van der Waals surface area (Å²) in [6.07, 6.45) is 1.06. The van der Waals surface area contributed by atoms with Crippen LogP contribution in [0.2, 0.25) is 5.02 Å². The number of rotatable bonds is 4. The predicted molar refractivity (Wildman–Crippen MR) is 96.4 cm³/mol. The number of anilines is 1. The molecule has 9 nitrogen and oxygen atoms in total. The van der Waals surface area contributed by atoms with Crippen molar-refractivity contribution in [2.75, 3.05) is 12.1 Å². The van der Waals surface area contributed by atoms with Gasteiger partial charge in [0.15, 0.2) is 11.5 Å². The number of carbonyl (C=O) groups excluding carboxylic acids is 2.